The highest BCUT2D eigenvalue weighted by Gasteiger charge is 2.44. The van der Waals surface area contributed by atoms with Gasteiger partial charge in [-0.25, -0.2) is 15.0 Å². The number of rotatable bonds is 2. The number of nitrogens with zero attached hydrogens (tertiary/aromatic N) is 5. The lowest BCUT2D eigenvalue weighted by molar-refractivity contribution is -0.0508. The Balaban J connectivity index is 0.000000515. The Morgan fingerprint density at radius 1 is 1.29 bits per heavy atom. The molecule has 2 aromatic heterocycles. The first-order valence-electron chi connectivity index (χ1n) is 7.67. The molecule has 0 amide bonds. The first-order chi connectivity index (χ1) is 12.8. The third-order valence-corrected chi connectivity index (χ3v) is 4.22. The minimum atomic E-state index is -2.87. The van der Waals surface area contributed by atoms with Gasteiger partial charge in [0, 0.05) is 23.4 Å². The fourth-order valence-corrected chi connectivity index (χ4v) is 3.07. The van der Waals surface area contributed by atoms with Crippen molar-refractivity contribution < 1.29 is 39.9 Å². The summed E-state index contributed by atoms with van der Waals surface area (Å²) in [5.74, 6) is 0.884. The van der Waals surface area contributed by atoms with Gasteiger partial charge in [0.15, 0.2) is 17.9 Å². The van der Waals surface area contributed by atoms with Gasteiger partial charge in [0.2, 0.25) is 0 Å². The molecule has 2 aliphatic heterocycles. The summed E-state index contributed by atoms with van der Waals surface area (Å²) in [6, 6.07) is 0. The van der Waals surface area contributed by atoms with Crippen LogP contribution in [0.1, 0.15) is 11.8 Å². The first kappa shape index (κ1) is 22.0. The zero-order chi connectivity index (χ0) is 19.9. The Bertz CT molecular complexity index is 903. The van der Waals surface area contributed by atoms with Crippen LogP contribution in [0.2, 0.25) is 0 Å². The van der Waals surface area contributed by atoms with Crippen molar-refractivity contribution >= 4 is 30.9 Å². The number of aliphatic hydroxyl groups is 3. The Labute approximate surface area is 158 Å². The van der Waals surface area contributed by atoms with Gasteiger partial charge in [-0.2, -0.15) is 5.10 Å². The molecule has 9 N–H and O–H groups in total. The quantitative estimate of drug-likeness (QED) is 0.267. The van der Waals surface area contributed by atoms with Gasteiger partial charge < -0.3 is 35.8 Å². The molecule has 0 saturated carbocycles. The Kier molecular flexibility index (Phi) is 6.59. The van der Waals surface area contributed by atoms with Crippen molar-refractivity contribution in [3.8, 4) is 0 Å². The van der Waals surface area contributed by atoms with Crippen LogP contribution in [0.5, 0.6) is 0 Å². The number of nitrogens with two attached hydrogens (primary N) is 1. The fourth-order valence-electron chi connectivity index (χ4n) is 3.07. The molecule has 0 radical (unpaired) electrons. The second-order valence-corrected chi connectivity index (χ2v) is 6.34. The number of ether oxygens (including phenoxy) is 1. The second kappa shape index (κ2) is 8.38. The second-order valence-electron chi connectivity index (χ2n) is 5.84. The lowest BCUT2D eigenvalue weighted by atomic mass is 10.1. The van der Waals surface area contributed by atoms with Gasteiger partial charge in [-0.05, 0) is 0 Å². The molecule has 1 fully saturated rings. The fraction of sp³-hybridized carbons (Fsp3) is 0.462. The van der Waals surface area contributed by atoms with Crippen LogP contribution in [0.25, 0.3) is 11.0 Å². The number of amidine groups is 1. The van der Waals surface area contributed by atoms with Crippen LogP contribution in [-0.4, -0.2) is 82.9 Å². The molecule has 2 aliphatic rings. The molecule has 1 saturated heterocycles. The Morgan fingerprint density at radius 2 is 1.93 bits per heavy atom. The van der Waals surface area contributed by atoms with Crippen molar-refractivity contribution in [1.82, 2.24) is 14.5 Å². The van der Waals surface area contributed by atoms with Gasteiger partial charge in [-0.3, -0.25) is 0 Å². The van der Waals surface area contributed by atoms with Crippen molar-refractivity contribution in [2.24, 2.45) is 10.8 Å². The van der Waals surface area contributed by atoms with E-state index in [9.17, 15) is 15.3 Å². The predicted octanol–water partition coefficient (Wildman–Crippen LogP) is -3.08. The zero-order valence-corrected chi connectivity index (χ0v) is 15.4. The third kappa shape index (κ3) is 3.67. The molecular weight excluding hydrogens is 399 g/mol. The summed E-state index contributed by atoms with van der Waals surface area (Å²) >= 11 is 0. The van der Waals surface area contributed by atoms with Crippen LogP contribution in [0.3, 0.4) is 0 Å². The van der Waals surface area contributed by atoms with Crippen molar-refractivity contribution in [1.29, 1.82) is 0 Å². The van der Waals surface area contributed by atoms with Crippen molar-refractivity contribution in [2.45, 2.75) is 24.5 Å². The maximum atomic E-state index is 10.2. The Hall–Kier alpha value is -2.29. The maximum absolute atomic E-state index is 10.2. The molecule has 0 unspecified atom stereocenters. The number of hydrogen-bond acceptors (Lipinski definition) is 10. The SMILES string of the molecule is CN1N=C(N)c2cn([C@@H]3O[C@H](CO)[C@@H](O)[C@H]3O)c3ncnc1c23.O.O=[P+](O)O. The highest BCUT2D eigenvalue weighted by molar-refractivity contribution is 7.30. The topological polar surface area (TPSA) is 231 Å². The minimum Gasteiger partial charge on any atom is -0.412 e. The van der Waals surface area contributed by atoms with E-state index in [0.29, 0.717) is 28.3 Å². The summed E-state index contributed by atoms with van der Waals surface area (Å²) in [6.07, 6.45) is -1.10. The summed E-state index contributed by atoms with van der Waals surface area (Å²) in [5.41, 5.74) is 7.10. The average molecular weight is 419 g/mol. The Morgan fingerprint density at radius 3 is 2.50 bits per heavy atom. The molecule has 28 heavy (non-hydrogen) atoms. The van der Waals surface area contributed by atoms with E-state index < -0.39 is 39.4 Å². The van der Waals surface area contributed by atoms with Crippen LogP contribution in [-0.2, 0) is 9.30 Å². The summed E-state index contributed by atoms with van der Waals surface area (Å²) in [4.78, 5) is 22.7. The normalized spacial score (nSPS) is 25.6. The monoisotopic (exact) mass is 419 g/mol. The highest BCUT2D eigenvalue weighted by Crippen LogP contribution is 2.36. The van der Waals surface area contributed by atoms with Gasteiger partial charge in [0.25, 0.3) is 0 Å². The van der Waals surface area contributed by atoms with E-state index in [4.69, 9.17) is 24.8 Å². The summed E-state index contributed by atoms with van der Waals surface area (Å²) < 4.78 is 15.9. The smallest absolute Gasteiger partial charge is 0.412 e. The van der Waals surface area contributed by atoms with Gasteiger partial charge in [0.1, 0.15) is 30.3 Å². The van der Waals surface area contributed by atoms with E-state index in [0.717, 1.165) is 0 Å². The lowest BCUT2D eigenvalue weighted by Gasteiger charge is -2.19. The van der Waals surface area contributed by atoms with Crippen molar-refractivity contribution in [3.63, 3.8) is 0 Å². The maximum Gasteiger partial charge on any atom is 0.692 e. The van der Waals surface area contributed by atoms with Gasteiger partial charge in [-0.15, -0.1) is 9.79 Å². The van der Waals surface area contributed by atoms with Crippen molar-refractivity contribution in [3.05, 3.63) is 18.1 Å². The van der Waals surface area contributed by atoms with Gasteiger partial charge in [-0.1, -0.05) is 0 Å². The number of aromatic nitrogens is 3. The highest BCUT2D eigenvalue weighted by atomic mass is 31.1. The molecular formula is C13H20N6O8P+. The molecule has 0 bridgehead atoms. The van der Waals surface area contributed by atoms with Crippen molar-refractivity contribution in [2.75, 3.05) is 18.7 Å². The number of hydrazone groups is 1. The molecule has 4 heterocycles. The van der Waals surface area contributed by atoms with E-state index in [2.05, 4.69) is 15.1 Å². The summed E-state index contributed by atoms with van der Waals surface area (Å²) in [5, 5.41) is 35.9. The van der Waals surface area contributed by atoms with Crippen LogP contribution in [0.4, 0.5) is 5.82 Å². The lowest BCUT2D eigenvalue weighted by Crippen LogP contribution is -2.33. The van der Waals surface area contributed by atoms with Crippen LogP contribution in [0, 0.1) is 0 Å². The van der Waals surface area contributed by atoms with E-state index >= 15 is 0 Å². The van der Waals surface area contributed by atoms with E-state index in [1.807, 2.05) is 0 Å². The molecule has 4 rings (SSSR count). The minimum absolute atomic E-state index is 0. The molecule has 4 atom stereocenters. The molecule has 154 valence electrons. The van der Waals surface area contributed by atoms with Crippen LogP contribution >= 0.6 is 8.25 Å². The molecule has 15 heteroatoms. The van der Waals surface area contributed by atoms with E-state index in [-0.39, 0.29) is 5.48 Å². The van der Waals surface area contributed by atoms with E-state index in [1.54, 1.807) is 22.8 Å². The molecule has 2 aromatic rings. The predicted molar refractivity (Wildman–Crippen MR) is 95.3 cm³/mol. The van der Waals surface area contributed by atoms with Gasteiger partial charge >= 0.3 is 8.25 Å². The standard InChI is InChI=1S/C13H16N6O4.HO3P.H2O/c1-18-11-7-5(10(14)17-18)2-19(12(7)16-4-15-11)13-9(22)8(21)6(3-20)23-13;1-4(2)3;/h2,4,6,8-9,13,20-22H,3H2,1H3,(H2,14,17);(H-,1,2,3);1H2/p+1/t6-,8-,9-,13-;;/m1../s1. The molecule has 0 aromatic carbocycles. The molecule has 0 spiro atoms. The zero-order valence-electron chi connectivity index (χ0n) is 14.5. The largest absolute Gasteiger partial charge is 0.692 e. The summed E-state index contributed by atoms with van der Waals surface area (Å²) in [6.45, 7) is -0.395. The average Bonchev–Trinajstić information content (AvgIpc) is 3.12. The van der Waals surface area contributed by atoms with Gasteiger partial charge in [0.05, 0.1) is 12.0 Å². The number of anilines is 1. The number of hydrogen-bond donors (Lipinski definition) is 6. The molecule has 0 aliphatic carbocycles. The number of aliphatic hydroxyl groups excluding tert-OH is 3. The van der Waals surface area contributed by atoms with E-state index in [1.165, 1.54) is 6.33 Å². The summed E-state index contributed by atoms with van der Waals surface area (Å²) in [7, 11) is -1.15. The third-order valence-electron chi connectivity index (χ3n) is 4.22. The van der Waals surface area contributed by atoms with Crippen LogP contribution < -0.4 is 10.7 Å². The first-order valence-corrected chi connectivity index (χ1v) is 8.84. The van der Waals surface area contributed by atoms with Crippen LogP contribution in [0.15, 0.2) is 17.6 Å². The molecule has 14 nitrogen and oxygen atoms in total.